The summed E-state index contributed by atoms with van der Waals surface area (Å²) in [5.74, 6) is -0.100. The molecule has 2 heterocycles. The number of nitrogens with zero attached hydrogens (tertiary/aromatic N) is 2. The monoisotopic (exact) mass is 341 g/mol. The summed E-state index contributed by atoms with van der Waals surface area (Å²) >= 11 is 0. The van der Waals surface area contributed by atoms with Crippen LogP contribution in [-0.4, -0.2) is 41.7 Å². The molecule has 6 heteroatoms. The molecule has 132 valence electrons. The number of hydrogen-bond acceptors (Lipinski definition) is 4. The molecule has 1 N–H and O–H groups in total. The fraction of sp³-hybridized carbons (Fsp3) is 0.368. The van der Waals surface area contributed by atoms with Crippen molar-refractivity contribution in [2.75, 3.05) is 31.6 Å². The van der Waals surface area contributed by atoms with Crippen LogP contribution < -0.4 is 10.9 Å². The number of ether oxygens (including phenoxy) is 1. The number of amides is 1. The van der Waals surface area contributed by atoms with E-state index in [1.54, 1.807) is 18.3 Å². The van der Waals surface area contributed by atoms with E-state index in [4.69, 9.17) is 4.74 Å². The number of aryl methyl sites for hydroxylation is 1. The number of pyridine rings is 1. The van der Waals surface area contributed by atoms with Crippen molar-refractivity contribution in [3.8, 4) is 0 Å². The third-order valence-corrected chi connectivity index (χ3v) is 4.23. The Morgan fingerprint density at radius 3 is 2.56 bits per heavy atom. The summed E-state index contributed by atoms with van der Waals surface area (Å²) in [4.78, 5) is 26.0. The van der Waals surface area contributed by atoms with Crippen molar-refractivity contribution in [1.29, 1.82) is 0 Å². The van der Waals surface area contributed by atoms with E-state index in [1.165, 1.54) is 16.2 Å². The Kier molecular flexibility index (Phi) is 5.98. The van der Waals surface area contributed by atoms with Crippen molar-refractivity contribution in [1.82, 2.24) is 9.47 Å². The van der Waals surface area contributed by atoms with Crippen LogP contribution in [0.4, 0.5) is 5.69 Å². The minimum Gasteiger partial charge on any atom is -0.379 e. The Bertz CT molecular complexity index is 749. The summed E-state index contributed by atoms with van der Waals surface area (Å²) in [6, 6.07) is 12.9. The molecule has 1 aliphatic rings. The first-order valence-electron chi connectivity index (χ1n) is 8.55. The number of aromatic nitrogens is 1. The number of benzene rings is 1. The van der Waals surface area contributed by atoms with Gasteiger partial charge < -0.3 is 14.6 Å². The second-order valence-corrected chi connectivity index (χ2v) is 6.12. The molecule has 0 unspecified atom stereocenters. The van der Waals surface area contributed by atoms with Gasteiger partial charge in [0.25, 0.3) is 5.56 Å². The summed E-state index contributed by atoms with van der Waals surface area (Å²) in [6.07, 6.45) is 1.95. The number of rotatable bonds is 6. The summed E-state index contributed by atoms with van der Waals surface area (Å²) in [5.41, 5.74) is 1.90. The van der Waals surface area contributed by atoms with Gasteiger partial charge in [-0.15, -0.1) is 0 Å². The zero-order valence-electron chi connectivity index (χ0n) is 14.2. The highest BCUT2D eigenvalue weighted by molar-refractivity contribution is 5.90. The largest absolute Gasteiger partial charge is 0.379 e. The van der Waals surface area contributed by atoms with Gasteiger partial charge in [0, 0.05) is 50.6 Å². The van der Waals surface area contributed by atoms with Gasteiger partial charge in [-0.1, -0.05) is 18.2 Å². The third-order valence-electron chi connectivity index (χ3n) is 4.23. The molecule has 1 aromatic carbocycles. The minimum absolute atomic E-state index is 0.0947. The van der Waals surface area contributed by atoms with Gasteiger partial charge in [-0.25, -0.2) is 0 Å². The molecule has 0 radical (unpaired) electrons. The van der Waals surface area contributed by atoms with Crippen LogP contribution in [0.15, 0.2) is 53.5 Å². The molecule has 1 fully saturated rings. The Balaban J connectivity index is 1.48. The van der Waals surface area contributed by atoms with Gasteiger partial charge in [-0.05, 0) is 23.8 Å². The molecule has 25 heavy (non-hydrogen) atoms. The predicted octanol–water partition coefficient (Wildman–Crippen LogP) is 1.71. The van der Waals surface area contributed by atoms with Crippen molar-refractivity contribution >= 4 is 11.6 Å². The lowest BCUT2D eigenvalue weighted by atomic mass is 10.2. The highest BCUT2D eigenvalue weighted by atomic mass is 16.5. The fourth-order valence-corrected chi connectivity index (χ4v) is 2.80. The van der Waals surface area contributed by atoms with E-state index >= 15 is 0 Å². The van der Waals surface area contributed by atoms with E-state index in [0.29, 0.717) is 6.54 Å². The third kappa shape index (κ3) is 5.27. The van der Waals surface area contributed by atoms with E-state index in [1.807, 2.05) is 24.3 Å². The van der Waals surface area contributed by atoms with Crippen LogP contribution in [0.1, 0.15) is 12.0 Å². The van der Waals surface area contributed by atoms with Crippen LogP contribution in [0.2, 0.25) is 0 Å². The first-order chi connectivity index (χ1) is 12.2. The summed E-state index contributed by atoms with van der Waals surface area (Å²) in [5, 5.41) is 2.87. The molecule has 3 rings (SSSR count). The number of anilines is 1. The topological polar surface area (TPSA) is 63.6 Å². The molecule has 0 bridgehead atoms. The van der Waals surface area contributed by atoms with Crippen molar-refractivity contribution in [2.45, 2.75) is 19.5 Å². The number of carbonyl (C=O) groups is 1. The van der Waals surface area contributed by atoms with Gasteiger partial charge in [0.2, 0.25) is 5.91 Å². The molecule has 1 aromatic heterocycles. The first-order valence-corrected chi connectivity index (χ1v) is 8.55. The zero-order valence-corrected chi connectivity index (χ0v) is 14.2. The predicted molar refractivity (Wildman–Crippen MR) is 96.5 cm³/mol. The standard InChI is InChI=1S/C19H23N3O3/c23-18(8-10-22-9-2-1-3-19(22)24)20-17-6-4-16(5-7-17)15-21-11-13-25-14-12-21/h1-7,9H,8,10-15H2,(H,20,23). The van der Waals surface area contributed by atoms with Gasteiger partial charge in [0.05, 0.1) is 13.2 Å². The molecular weight excluding hydrogens is 318 g/mol. The van der Waals surface area contributed by atoms with E-state index < -0.39 is 0 Å². The number of hydrogen-bond donors (Lipinski definition) is 1. The Labute approximate surface area is 147 Å². The quantitative estimate of drug-likeness (QED) is 0.869. The minimum atomic E-state index is -0.100. The van der Waals surface area contributed by atoms with Crippen LogP contribution >= 0.6 is 0 Å². The van der Waals surface area contributed by atoms with E-state index in [2.05, 4.69) is 10.2 Å². The van der Waals surface area contributed by atoms with Crippen LogP contribution in [-0.2, 0) is 22.6 Å². The first kappa shape index (κ1) is 17.4. The van der Waals surface area contributed by atoms with E-state index in [0.717, 1.165) is 38.5 Å². The SMILES string of the molecule is O=C(CCn1ccccc1=O)Nc1ccc(CN2CCOCC2)cc1. The highest BCUT2D eigenvalue weighted by Gasteiger charge is 2.10. The number of carbonyl (C=O) groups excluding carboxylic acids is 1. The van der Waals surface area contributed by atoms with E-state index in [-0.39, 0.29) is 17.9 Å². The lowest BCUT2D eigenvalue weighted by Crippen LogP contribution is -2.35. The average Bonchev–Trinajstić information content (AvgIpc) is 2.64. The molecule has 0 saturated carbocycles. The molecule has 0 spiro atoms. The summed E-state index contributed by atoms with van der Waals surface area (Å²) in [6.45, 7) is 4.76. The molecule has 6 nitrogen and oxygen atoms in total. The lowest BCUT2D eigenvalue weighted by molar-refractivity contribution is -0.116. The van der Waals surface area contributed by atoms with Gasteiger partial charge in [0.15, 0.2) is 0 Å². The molecule has 2 aromatic rings. The molecule has 0 atom stereocenters. The average molecular weight is 341 g/mol. The molecule has 1 saturated heterocycles. The van der Waals surface area contributed by atoms with Gasteiger partial charge >= 0.3 is 0 Å². The second-order valence-electron chi connectivity index (χ2n) is 6.12. The smallest absolute Gasteiger partial charge is 0.250 e. The summed E-state index contributed by atoms with van der Waals surface area (Å²) in [7, 11) is 0. The van der Waals surface area contributed by atoms with Gasteiger partial charge in [0.1, 0.15) is 0 Å². The Hall–Kier alpha value is -2.44. The van der Waals surface area contributed by atoms with Gasteiger partial charge in [-0.2, -0.15) is 0 Å². The van der Waals surface area contributed by atoms with Crippen molar-refractivity contribution in [3.05, 3.63) is 64.6 Å². The fourth-order valence-electron chi connectivity index (χ4n) is 2.80. The lowest BCUT2D eigenvalue weighted by Gasteiger charge is -2.26. The number of nitrogens with one attached hydrogen (secondary N) is 1. The Morgan fingerprint density at radius 1 is 1.08 bits per heavy atom. The normalized spacial score (nSPS) is 15.0. The highest BCUT2D eigenvalue weighted by Crippen LogP contribution is 2.12. The van der Waals surface area contributed by atoms with E-state index in [9.17, 15) is 9.59 Å². The van der Waals surface area contributed by atoms with Crippen LogP contribution in [0.25, 0.3) is 0 Å². The van der Waals surface area contributed by atoms with Crippen molar-refractivity contribution in [3.63, 3.8) is 0 Å². The van der Waals surface area contributed by atoms with Gasteiger partial charge in [-0.3, -0.25) is 14.5 Å². The molecule has 0 aliphatic carbocycles. The van der Waals surface area contributed by atoms with Crippen LogP contribution in [0, 0.1) is 0 Å². The van der Waals surface area contributed by atoms with Crippen molar-refractivity contribution < 1.29 is 9.53 Å². The maximum Gasteiger partial charge on any atom is 0.250 e. The molecule has 1 aliphatic heterocycles. The molecule has 1 amide bonds. The van der Waals surface area contributed by atoms with Crippen LogP contribution in [0.3, 0.4) is 0 Å². The maximum absolute atomic E-state index is 12.1. The zero-order chi connectivity index (χ0) is 17.5. The van der Waals surface area contributed by atoms with Crippen LogP contribution in [0.5, 0.6) is 0 Å². The number of morpholine rings is 1. The molecular formula is C19H23N3O3. The second kappa shape index (κ2) is 8.60. The Morgan fingerprint density at radius 2 is 1.84 bits per heavy atom. The summed E-state index contributed by atoms with van der Waals surface area (Å²) < 4.78 is 6.88. The van der Waals surface area contributed by atoms with Crippen molar-refractivity contribution in [2.24, 2.45) is 0 Å². The maximum atomic E-state index is 12.1.